The minimum Gasteiger partial charge on any atom is -0.476 e. The molecule has 2 rings (SSSR count). The number of nitrogens with one attached hydrogen (secondary N) is 1. The Labute approximate surface area is 110 Å². The fourth-order valence-corrected chi connectivity index (χ4v) is 2.08. The number of anilines is 2. The van der Waals surface area contributed by atoms with Crippen LogP contribution in [0.2, 0.25) is 0 Å². The first-order chi connectivity index (χ1) is 8.81. The van der Waals surface area contributed by atoms with Crippen LogP contribution in [0.4, 0.5) is 11.5 Å². The normalized spacial score (nSPS) is 10.3. The average molecular weight is 264 g/mol. The molecule has 6 heteroatoms. The Morgan fingerprint density at radius 3 is 3.06 bits per heavy atom. The van der Waals surface area contributed by atoms with Gasteiger partial charge in [0.15, 0.2) is 5.82 Å². The van der Waals surface area contributed by atoms with Crippen molar-refractivity contribution in [1.82, 2.24) is 9.97 Å². The molecule has 0 spiro atoms. The summed E-state index contributed by atoms with van der Waals surface area (Å²) < 4.78 is 5.45. The Hall–Kier alpha value is -1.82. The van der Waals surface area contributed by atoms with Gasteiger partial charge in [0.05, 0.1) is 6.61 Å². The third-order valence-corrected chi connectivity index (χ3v) is 3.06. The Morgan fingerprint density at radius 1 is 1.44 bits per heavy atom. The van der Waals surface area contributed by atoms with E-state index in [9.17, 15) is 0 Å². The predicted octanol–water partition coefficient (Wildman–Crippen LogP) is 2.52. The van der Waals surface area contributed by atoms with Crippen LogP contribution in [0.25, 0.3) is 0 Å². The number of ether oxygens (including phenoxy) is 1. The zero-order valence-corrected chi connectivity index (χ0v) is 11.0. The van der Waals surface area contributed by atoms with Crippen molar-refractivity contribution in [3.63, 3.8) is 0 Å². The summed E-state index contributed by atoms with van der Waals surface area (Å²) in [7, 11) is 0. The molecule has 0 amide bonds. The lowest BCUT2D eigenvalue weighted by Crippen LogP contribution is -2.08. The molecule has 18 heavy (non-hydrogen) atoms. The maximum atomic E-state index is 5.95. The molecular weight excluding hydrogens is 248 g/mol. The Balaban J connectivity index is 2.03. The van der Waals surface area contributed by atoms with E-state index in [-0.39, 0.29) is 0 Å². The Bertz CT molecular complexity index is 487. The number of nitrogens with two attached hydrogens (primary N) is 1. The van der Waals surface area contributed by atoms with Crippen LogP contribution in [0.5, 0.6) is 5.88 Å². The van der Waals surface area contributed by atoms with E-state index in [0.717, 1.165) is 6.42 Å². The Morgan fingerprint density at radius 2 is 2.33 bits per heavy atom. The van der Waals surface area contributed by atoms with Crippen LogP contribution in [0.1, 0.15) is 18.9 Å². The monoisotopic (exact) mass is 264 g/mol. The molecule has 0 saturated carbocycles. The van der Waals surface area contributed by atoms with Crippen molar-refractivity contribution in [2.45, 2.75) is 19.9 Å². The first kappa shape index (κ1) is 12.6. The third-order valence-electron chi connectivity index (χ3n) is 2.33. The van der Waals surface area contributed by atoms with Crippen molar-refractivity contribution >= 4 is 22.8 Å². The molecule has 0 bridgehead atoms. The molecule has 0 unspecified atom stereocenters. The van der Waals surface area contributed by atoms with Crippen LogP contribution in [0.15, 0.2) is 23.2 Å². The lowest BCUT2D eigenvalue weighted by molar-refractivity contribution is 0.306. The summed E-state index contributed by atoms with van der Waals surface area (Å²) in [4.78, 5) is 8.15. The van der Waals surface area contributed by atoms with Crippen LogP contribution in [-0.4, -0.2) is 16.6 Å². The van der Waals surface area contributed by atoms with E-state index in [1.54, 1.807) is 11.3 Å². The van der Waals surface area contributed by atoms with Gasteiger partial charge in [-0.25, -0.2) is 4.98 Å². The van der Waals surface area contributed by atoms with Gasteiger partial charge in [0, 0.05) is 6.54 Å². The molecule has 0 aliphatic rings. The predicted molar refractivity (Wildman–Crippen MR) is 73.9 cm³/mol. The van der Waals surface area contributed by atoms with Crippen molar-refractivity contribution in [3.05, 3.63) is 28.7 Å². The van der Waals surface area contributed by atoms with Crippen LogP contribution < -0.4 is 15.8 Å². The third kappa shape index (κ3) is 3.10. The van der Waals surface area contributed by atoms with E-state index in [2.05, 4.69) is 26.7 Å². The molecule has 0 aliphatic heterocycles. The maximum absolute atomic E-state index is 5.95. The molecule has 0 atom stereocenters. The summed E-state index contributed by atoms with van der Waals surface area (Å²) >= 11 is 1.66. The fourth-order valence-electron chi connectivity index (χ4n) is 1.41. The van der Waals surface area contributed by atoms with Gasteiger partial charge in [-0.05, 0) is 28.8 Å². The number of nitrogen functional groups attached to an aromatic ring is 1. The first-order valence-corrected chi connectivity index (χ1v) is 6.73. The highest BCUT2D eigenvalue weighted by molar-refractivity contribution is 7.07. The molecule has 0 saturated heterocycles. The molecule has 0 aromatic carbocycles. The lowest BCUT2D eigenvalue weighted by Gasteiger charge is -2.10. The molecule has 96 valence electrons. The summed E-state index contributed by atoms with van der Waals surface area (Å²) in [5.41, 5.74) is 7.62. The number of aromatic nitrogens is 2. The first-order valence-electron chi connectivity index (χ1n) is 5.79. The van der Waals surface area contributed by atoms with Gasteiger partial charge >= 0.3 is 0 Å². The molecule has 0 radical (unpaired) electrons. The van der Waals surface area contributed by atoms with Gasteiger partial charge in [-0.15, -0.1) is 0 Å². The molecule has 0 fully saturated rings. The van der Waals surface area contributed by atoms with Crippen molar-refractivity contribution in [2.24, 2.45) is 0 Å². The largest absolute Gasteiger partial charge is 0.476 e. The van der Waals surface area contributed by atoms with E-state index < -0.39 is 0 Å². The van der Waals surface area contributed by atoms with Gasteiger partial charge in [-0.3, -0.25) is 0 Å². The van der Waals surface area contributed by atoms with Crippen LogP contribution in [0, 0.1) is 0 Å². The van der Waals surface area contributed by atoms with E-state index in [1.165, 1.54) is 11.9 Å². The van der Waals surface area contributed by atoms with Crippen molar-refractivity contribution in [2.75, 3.05) is 17.7 Å². The second-order valence-electron chi connectivity index (χ2n) is 3.77. The van der Waals surface area contributed by atoms with E-state index in [4.69, 9.17) is 10.5 Å². The zero-order chi connectivity index (χ0) is 12.8. The second kappa shape index (κ2) is 6.20. The van der Waals surface area contributed by atoms with Gasteiger partial charge in [0.1, 0.15) is 12.0 Å². The zero-order valence-electron chi connectivity index (χ0n) is 10.2. The number of rotatable bonds is 6. The average Bonchev–Trinajstić information content (AvgIpc) is 2.89. The molecule has 2 aromatic heterocycles. The van der Waals surface area contributed by atoms with Crippen molar-refractivity contribution in [1.29, 1.82) is 0 Å². The lowest BCUT2D eigenvalue weighted by atomic mass is 10.3. The quantitative estimate of drug-likeness (QED) is 0.838. The summed E-state index contributed by atoms with van der Waals surface area (Å²) in [5.74, 6) is 1.06. The van der Waals surface area contributed by atoms with Crippen LogP contribution >= 0.6 is 11.3 Å². The molecule has 2 heterocycles. The molecule has 2 aromatic rings. The highest BCUT2D eigenvalue weighted by Crippen LogP contribution is 2.25. The maximum Gasteiger partial charge on any atom is 0.242 e. The van der Waals surface area contributed by atoms with Gasteiger partial charge in [0.2, 0.25) is 5.88 Å². The summed E-state index contributed by atoms with van der Waals surface area (Å²) in [5, 5.41) is 7.30. The van der Waals surface area contributed by atoms with Gasteiger partial charge in [-0.2, -0.15) is 16.3 Å². The van der Waals surface area contributed by atoms with Crippen LogP contribution in [0.3, 0.4) is 0 Å². The molecule has 3 N–H and O–H groups in total. The minimum absolute atomic E-state index is 0.444. The fraction of sp³-hybridized carbons (Fsp3) is 0.333. The SMILES string of the molecule is CCCOc1ncnc(NCc2ccsc2)c1N. The number of nitrogens with zero attached hydrogens (tertiary/aromatic N) is 2. The second-order valence-corrected chi connectivity index (χ2v) is 4.55. The van der Waals surface area contributed by atoms with Crippen molar-refractivity contribution < 1.29 is 4.74 Å². The number of hydrogen-bond donors (Lipinski definition) is 2. The number of hydrogen-bond acceptors (Lipinski definition) is 6. The summed E-state index contributed by atoms with van der Waals surface area (Å²) in [6, 6.07) is 2.06. The topological polar surface area (TPSA) is 73.1 Å². The molecule has 5 nitrogen and oxygen atoms in total. The smallest absolute Gasteiger partial charge is 0.242 e. The van der Waals surface area contributed by atoms with Gasteiger partial charge in [-0.1, -0.05) is 6.92 Å². The van der Waals surface area contributed by atoms with Gasteiger partial charge < -0.3 is 15.8 Å². The van der Waals surface area contributed by atoms with Gasteiger partial charge in [0.25, 0.3) is 0 Å². The van der Waals surface area contributed by atoms with Crippen LogP contribution in [-0.2, 0) is 6.54 Å². The van der Waals surface area contributed by atoms with E-state index in [1.807, 2.05) is 12.3 Å². The standard InChI is InChI=1S/C12H16N4OS/c1-2-4-17-12-10(13)11(15-8-16-12)14-6-9-3-5-18-7-9/h3,5,7-8H,2,4,6,13H2,1H3,(H,14,15,16). The summed E-state index contributed by atoms with van der Waals surface area (Å²) in [6.07, 6.45) is 2.37. The highest BCUT2D eigenvalue weighted by Gasteiger charge is 2.08. The summed E-state index contributed by atoms with van der Waals surface area (Å²) in [6.45, 7) is 3.33. The van der Waals surface area contributed by atoms with Crippen molar-refractivity contribution in [3.8, 4) is 5.88 Å². The molecular formula is C12H16N4OS. The number of thiophene rings is 1. The molecule has 0 aliphatic carbocycles. The van der Waals surface area contributed by atoms with E-state index >= 15 is 0 Å². The highest BCUT2D eigenvalue weighted by atomic mass is 32.1. The Kier molecular flexibility index (Phi) is 4.35. The van der Waals surface area contributed by atoms with E-state index in [0.29, 0.717) is 30.5 Å². The minimum atomic E-state index is 0.444.